The van der Waals surface area contributed by atoms with Gasteiger partial charge in [-0.05, 0) is 0 Å². The highest BCUT2D eigenvalue weighted by Crippen LogP contribution is 2.23. The van der Waals surface area contributed by atoms with E-state index in [1.165, 1.54) is 12.3 Å². The first-order chi connectivity index (χ1) is 5.59. The van der Waals surface area contributed by atoms with Crippen LogP contribution in [0.2, 0.25) is 5.02 Å². The molecule has 1 aromatic heterocycles. The average molecular weight is 195 g/mol. The molecule has 0 atom stereocenters. The summed E-state index contributed by atoms with van der Waals surface area (Å²) in [5.74, 6) is -0.322. The fraction of sp³-hybridized carbons (Fsp3) is 0.167. The Hall–Kier alpha value is -1.10. The number of nitrogen functional groups attached to an aromatic ring is 1. The van der Waals surface area contributed by atoms with Crippen molar-refractivity contribution in [1.82, 2.24) is 4.98 Å². The Morgan fingerprint density at radius 2 is 2.25 bits per heavy atom. The van der Waals surface area contributed by atoms with Crippen LogP contribution in [0.15, 0.2) is 12.3 Å². The minimum atomic E-state index is -2.92. The van der Waals surface area contributed by atoms with E-state index in [0.29, 0.717) is 0 Å². The van der Waals surface area contributed by atoms with E-state index in [0.717, 1.165) is 0 Å². The van der Waals surface area contributed by atoms with Gasteiger partial charge < -0.3 is 10.5 Å². The molecule has 0 amide bonds. The molecule has 0 aliphatic carbocycles. The zero-order valence-electron chi connectivity index (χ0n) is 5.80. The molecule has 0 saturated carbocycles. The van der Waals surface area contributed by atoms with E-state index in [1.807, 2.05) is 0 Å². The van der Waals surface area contributed by atoms with Gasteiger partial charge in [0.25, 0.3) is 0 Å². The molecule has 2 N–H and O–H groups in total. The Morgan fingerprint density at radius 1 is 1.58 bits per heavy atom. The smallest absolute Gasteiger partial charge is 0.387 e. The van der Waals surface area contributed by atoms with Gasteiger partial charge in [-0.25, -0.2) is 4.98 Å². The van der Waals surface area contributed by atoms with Crippen molar-refractivity contribution in [2.75, 3.05) is 5.73 Å². The molecule has 0 aromatic carbocycles. The highest BCUT2D eigenvalue weighted by molar-refractivity contribution is 6.30. The molecular formula is C6H5ClF2N2O. The first kappa shape index (κ1) is 8.99. The Morgan fingerprint density at radius 3 is 2.83 bits per heavy atom. The van der Waals surface area contributed by atoms with E-state index < -0.39 is 6.61 Å². The third kappa shape index (κ3) is 2.20. The van der Waals surface area contributed by atoms with Crippen molar-refractivity contribution in [3.05, 3.63) is 17.3 Å². The topological polar surface area (TPSA) is 48.1 Å². The molecule has 1 aromatic rings. The quantitative estimate of drug-likeness (QED) is 0.783. The molecule has 0 unspecified atom stereocenters. The Kier molecular flexibility index (Phi) is 2.65. The summed E-state index contributed by atoms with van der Waals surface area (Å²) in [6.07, 6.45) is 1.25. The fourth-order valence-corrected chi connectivity index (χ4v) is 0.770. The van der Waals surface area contributed by atoms with E-state index in [-0.39, 0.29) is 16.6 Å². The maximum absolute atomic E-state index is 11.7. The first-order valence-corrected chi connectivity index (χ1v) is 3.33. The number of nitrogens with two attached hydrogens (primary N) is 1. The molecule has 0 aliphatic heterocycles. The lowest BCUT2D eigenvalue weighted by Crippen LogP contribution is -2.05. The number of pyridine rings is 1. The third-order valence-electron chi connectivity index (χ3n) is 1.06. The lowest BCUT2D eigenvalue weighted by Gasteiger charge is -2.05. The normalized spacial score (nSPS) is 10.3. The number of anilines is 1. The predicted molar refractivity (Wildman–Crippen MR) is 40.3 cm³/mol. The number of alkyl halides is 2. The molecule has 6 heteroatoms. The summed E-state index contributed by atoms with van der Waals surface area (Å²) in [6, 6.07) is 1.18. The minimum absolute atomic E-state index is 0.111. The number of ether oxygens (including phenoxy) is 1. The van der Waals surface area contributed by atoms with Crippen molar-refractivity contribution in [2.45, 2.75) is 6.61 Å². The van der Waals surface area contributed by atoms with Gasteiger partial charge in [0.2, 0.25) is 0 Å². The molecule has 0 bridgehead atoms. The molecule has 1 rings (SSSR count). The minimum Gasteiger partial charge on any atom is -0.431 e. The van der Waals surface area contributed by atoms with Crippen LogP contribution < -0.4 is 10.5 Å². The summed E-state index contributed by atoms with van der Waals surface area (Å²) >= 11 is 5.46. The van der Waals surface area contributed by atoms with E-state index >= 15 is 0 Å². The molecule has 0 fully saturated rings. The molecule has 66 valence electrons. The van der Waals surface area contributed by atoms with Gasteiger partial charge in [0, 0.05) is 12.3 Å². The van der Waals surface area contributed by atoms with Crippen LogP contribution in [0.5, 0.6) is 5.75 Å². The average Bonchev–Trinajstić information content (AvgIpc) is 1.96. The van der Waals surface area contributed by atoms with Crippen LogP contribution in [0, 0.1) is 0 Å². The van der Waals surface area contributed by atoms with Crippen LogP contribution in [-0.2, 0) is 0 Å². The van der Waals surface area contributed by atoms with Gasteiger partial charge in [0.1, 0.15) is 0 Å². The number of rotatable bonds is 2. The fourth-order valence-electron chi connectivity index (χ4n) is 0.622. The van der Waals surface area contributed by atoms with Gasteiger partial charge >= 0.3 is 6.61 Å². The third-order valence-corrected chi connectivity index (χ3v) is 1.27. The van der Waals surface area contributed by atoms with Crippen molar-refractivity contribution in [1.29, 1.82) is 0 Å². The van der Waals surface area contributed by atoms with Crippen molar-refractivity contribution < 1.29 is 13.5 Å². The number of hydrogen-bond acceptors (Lipinski definition) is 3. The number of nitrogens with zero attached hydrogens (tertiary/aromatic N) is 1. The lowest BCUT2D eigenvalue weighted by atomic mass is 10.4. The van der Waals surface area contributed by atoms with Crippen LogP contribution in [0.25, 0.3) is 0 Å². The highest BCUT2D eigenvalue weighted by Gasteiger charge is 2.08. The second-order valence-corrected chi connectivity index (χ2v) is 2.35. The van der Waals surface area contributed by atoms with Gasteiger partial charge in [-0.15, -0.1) is 0 Å². The Bertz CT molecular complexity index is 282. The summed E-state index contributed by atoms with van der Waals surface area (Å²) in [5, 5.41) is 0.194. The van der Waals surface area contributed by atoms with E-state index in [4.69, 9.17) is 17.3 Å². The maximum Gasteiger partial charge on any atom is 0.387 e. The predicted octanol–water partition coefficient (Wildman–Crippen LogP) is 1.92. The summed E-state index contributed by atoms with van der Waals surface area (Å²) < 4.78 is 27.4. The molecular weight excluding hydrogens is 190 g/mol. The largest absolute Gasteiger partial charge is 0.431 e. The molecule has 1 heterocycles. The Labute approximate surface area is 72.1 Å². The standard InChI is InChI=1S/C6H5ClF2N2O/c7-3-1-4(12-6(8)9)5(10)11-2-3/h1-2,6H,(H2,10,11). The van der Waals surface area contributed by atoms with Crippen LogP contribution >= 0.6 is 11.6 Å². The van der Waals surface area contributed by atoms with Crippen LogP contribution in [0.3, 0.4) is 0 Å². The summed E-state index contributed by atoms with van der Waals surface area (Å²) in [4.78, 5) is 3.52. The summed E-state index contributed by atoms with van der Waals surface area (Å²) in [5.41, 5.74) is 5.21. The van der Waals surface area contributed by atoms with E-state index in [9.17, 15) is 8.78 Å². The zero-order chi connectivity index (χ0) is 9.14. The molecule has 0 spiro atoms. The molecule has 0 radical (unpaired) electrons. The van der Waals surface area contributed by atoms with Gasteiger partial charge in [-0.3, -0.25) is 0 Å². The van der Waals surface area contributed by atoms with E-state index in [1.54, 1.807) is 0 Å². The van der Waals surface area contributed by atoms with E-state index in [2.05, 4.69) is 9.72 Å². The van der Waals surface area contributed by atoms with Crippen molar-refractivity contribution in [2.24, 2.45) is 0 Å². The highest BCUT2D eigenvalue weighted by atomic mass is 35.5. The number of halogens is 3. The number of aromatic nitrogens is 1. The lowest BCUT2D eigenvalue weighted by molar-refractivity contribution is -0.0495. The van der Waals surface area contributed by atoms with Crippen molar-refractivity contribution in [3.8, 4) is 5.75 Å². The van der Waals surface area contributed by atoms with Gasteiger partial charge in [-0.1, -0.05) is 11.6 Å². The van der Waals surface area contributed by atoms with Crippen molar-refractivity contribution in [3.63, 3.8) is 0 Å². The second kappa shape index (κ2) is 3.53. The van der Waals surface area contributed by atoms with Gasteiger partial charge in [0.15, 0.2) is 11.6 Å². The van der Waals surface area contributed by atoms with Crippen LogP contribution in [0.1, 0.15) is 0 Å². The molecule has 3 nitrogen and oxygen atoms in total. The first-order valence-electron chi connectivity index (χ1n) is 2.95. The Balaban J connectivity index is 2.90. The van der Waals surface area contributed by atoms with Crippen molar-refractivity contribution >= 4 is 17.4 Å². The maximum atomic E-state index is 11.7. The molecule has 12 heavy (non-hydrogen) atoms. The zero-order valence-corrected chi connectivity index (χ0v) is 6.55. The number of hydrogen-bond donors (Lipinski definition) is 1. The van der Waals surface area contributed by atoms with Crippen LogP contribution in [-0.4, -0.2) is 11.6 Å². The van der Waals surface area contributed by atoms with Gasteiger partial charge in [-0.2, -0.15) is 8.78 Å². The van der Waals surface area contributed by atoms with Crippen LogP contribution in [0.4, 0.5) is 14.6 Å². The second-order valence-electron chi connectivity index (χ2n) is 1.92. The summed E-state index contributed by atoms with van der Waals surface area (Å²) in [7, 11) is 0. The van der Waals surface area contributed by atoms with Gasteiger partial charge in [0.05, 0.1) is 5.02 Å². The molecule has 0 aliphatic rings. The SMILES string of the molecule is Nc1ncc(Cl)cc1OC(F)F. The monoisotopic (exact) mass is 194 g/mol. The summed E-state index contributed by atoms with van der Waals surface area (Å²) in [6.45, 7) is -2.92. The molecule has 0 saturated heterocycles.